The Morgan fingerprint density at radius 3 is 2.69 bits per heavy atom. The van der Waals surface area contributed by atoms with Crippen LogP contribution in [0.2, 0.25) is 0 Å². The summed E-state index contributed by atoms with van der Waals surface area (Å²) in [5.74, 6) is 0.779. The average Bonchev–Trinajstić information content (AvgIpc) is 2.49. The first kappa shape index (κ1) is 10.6. The standard InChI is InChI=1S/C12H21N/c1-3-4-5-7-12(10-13)8-6-11(2)9-12/h11H,3-9H2,1-2H3. The van der Waals surface area contributed by atoms with Gasteiger partial charge in [-0.25, -0.2) is 0 Å². The van der Waals surface area contributed by atoms with Gasteiger partial charge < -0.3 is 0 Å². The van der Waals surface area contributed by atoms with Crippen LogP contribution in [0.4, 0.5) is 0 Å². The molecule has 0 heterocycles. The van der Waals surface area contributed by atoms with Crippen LogP contribution in [0.15, 0.2) is 0 Å². The molecule has 0 bridgehead atoms. The number of rotatable bonds is 4. The van der Waals surface area contributed by atoms with Gasteiger partial charge in [0.15, 0.2) is 0 Å². The quantitative estimate of drug-likeness (QED) is 0.600. The molecule has 1 nitrogen and oxygen atoms in total. The van der Waals surface area contributed by atoms with Crippen molar-refractivity contribution in [3.05, 3.63) is 0 Å². The van der Waals surface area contributed by atoms with E-state index in [0.717, 1.165) is 25.2 Å². The molecule has 1 heteroatoms. The molecule has 1 saturated carbocycles. The molecule has 2 atom stereocenters. The average molecular weight is 179 g/mol. The van der Waals surface area contributed by atoms with Crippen LogP contribution >= 0.6 is 0 Å². The highest BCUT2D eigenvalue weighted by Crippen LogP contribution is 2.44. The maximum absolute atomic E-state index is 9.18. The van der Waals surface area contributed by atoms with Gasteiger partial charge in [0.1, 0.15) is 0 Å². The molecule has 1 aliphatic rings. The number of hydrogen-bond acceptors (Lipinski definition) is 1. The molecule has 2 unspecified atom stereocenters. The number of hydrogen-bond donors (Lipinski definition) is 0. The van der Waals surface area contributed by atoms with E-state index in [4.69, 9.17) is 0 Å². The lowest BCUT2D eigenvalue weighted by Gasteiger charge is -2.19. The topological polar surface area (TPSA) is 23.8 Å². The zero-order valence-corrected chi connectivity index (χ0v) is 8.97. The second kappa shape index (κ2) is 4.65. The van der Waals surface area contributed by atoms with Crippen LogP contribution in [0.5, 0.6) is 0 Å². The molecule has 1 fully saturated rings. The zero-order valence-electron chi connectivity index (χ0n) is 8.97. The van der Waals surface area contributed by atoms with Crippen molar-refractivity contribution < 1.29 is 0 Å². The Morgan fingerprint density at radius 2 is 2.23 bits per heavy atom. The van der Waals surface area contributed by atoms with Gasteiger partial charge in [0.25, 0.3) is 0 Å². The van der Waals surface area contributed by atoms with Crippen molar-refractivity contribution in [2.24, 2.45) is 11.3 Å². The molecule has 0 N–H and O–H groups in total. The monoisotopic (exact) mass is 179 g/mol. The van der Waals surface area contributed by atoms with Crippen molar-refractivity contribution in [1.29, 1.82) is 5.26 Å². The number of unbranched alkanes of at least 4 members (excludes halogenated alkanes) is 2. The van der Waals surface area contributed by atoms with Gasteiger partial charge in [0.05, 0.1) is 11.5 Å². The maximum atomic E-state index is 9.18. The minimum Gasteiger partial charge on any atom is -0.198 e. The summed E-state index contributed by atoms with van der Waals surface area (Å²) in [6.07, 6.45) is 8.49. The molecule has 0 spiro atoms. The zero-order chi connectivity index (χ0) is 9.73. The highest BCUT2D eigenvalue weighted by Gasteiger charge is 2.36. The van der Waals surface area contributed by atoms with Crippen LogP contribution in [0, 0.1) is 22.7 Å². The molecule has 1 aliphatic carbocycles. The van der Waals surface area contributed by atoms with Crippen LogP contribution in [-0.4, -0.2) is 0 Å². The lowest BCUT2D eigenvalue weighted by Crippen LogP contribution is -2.13. The van der Waals surface area contributed by atoms with Gasteiger partial charge >= 0.3 is 0 Å². The Hall–Kier alpha value is -0.510. The summed E-state index contributed by atoms with van der Waals surface area (Å²) < 4.78 is 0. The van der Waals surface area contributed by atoms with Gasteiger partial charge in [-0.1, -0.05) is 33.1 Å². The van der Waals surface area contributed by atoms with Gasteiger partial charge in [-0.15, -0.1) is 0 Å². The highest BCUT2D eigenvalue weighted by atomic mass is 14.4. The van der Waals surface area contributed by atoms with E-state index < -0.39 is 0 Å². The third kappa shape index (κ3) is 2.72. The smallest absolute Gasteiger partial charge is 0.0689 e. The molecule has 0 amide bonds. The molecule has 0 aromatic heterocycles. The summed E-state index contributed by atoms with van der Waals surface area (Å²) >= 11 is 0. The van der Waals surface area contributed by atoms with E-state index in [1.807, 2.05) is 0 Å². The Bertz CT molecular complexity index is 192. The summed E-state index contributed by atoms with van der Waals surface area (Å²) in [6, 6.07) is 2.57. The second-order valence-corrected chi connectivity index (χ2v) is 4.70. The second-order valence-electron chi connectivity index (χ2n) is 4.70. The predicted octanol–water partition coefficient (Wildman–Crippen LogP) is 3.90. The molecule has 1 rings (SSSR count). The minimum absolute atomic E-state index is 0.0641. The fourth-order valence-corrected chi connectivity index (χ4v) is 2.49. The molecule has 0 aliphatic heterocycles. The van der Waals surface area contributed by atoms with Crippen molar-refractivity contribution in [3.8, 4) is 6.07 Å². The normalized spacial score (nSPS) is 33.2. The van der Waals surface area contributed by atoms with Crippen LogP contribution in [0.3, 0.4) is 0 Å². The van der Waals surface area contributed by atoms with E-state index in [1.54, 1.807) is 0 Å². The third-order valence-corrected chi connectivity index (χ3v) is 3.35. The van der Waals surface area contributed by atoms with Crippen molar-refractivity contribution >= 4 is 0 Å². The van der Waals surface area contributed by atoms with Crippen LogP contribution in [0.1, 0.15) is 58.8 Å². The third-order valence-electron chi connectivity index (χ3n) is 3.35. The SMILES string of the molecule is CCCCCC1(C#N)CCC(C)C1. The van der Waals surface area contributed by atoms with Crippen LogP contribution < -0.4 is 0 Å². The van der Waals surface area contributed by atoms with Crippen molar-refractivity contribution in [2.45, 2.75) is 58.8 Å². The summed E-state index contributed by atoms with van der Waals surface area (Å²) in [5.41, 5.74) is 0.0641. The van der Waals surface area contributed by atoms with Gasteiger partial charge in [-0.05, 0) is 31.6 Å². The molecule has 0 radical (unpaired) electrons. The molecular formula is C12H21N. The lowest BCUT2D eigenvalue weighted by molar-refractivity contribution is 0.347. The molecule has 13 heavy (non-hydrogen) atoms. The van der Waals surface area contributed by atoms with E-state index in [1.165, 1.54) is 25.7 Å². The Kier molecular flexibility index (Phi) is 3.78. The van der Waals surface area contributed by atoms with E-state index in [2.05, 4.69) is 19.9 Å². The summed E-state index contributed by atoms with van der Waals surface area (Å²) in [4.78, 5) is 0. The van der Waals surface area contributed by atoms with E-state index >= 15 is 0 Å². The fraction of sp³-hybridized carbons (Fsp3) is 0.917. The van der Waals surface area contributed by atoms with Crippen LogP contribution in [0.25, 0.3) is 0 Å². The predicted molar refractivity (Wildman–Crippen MR) is 55.2 cm³/mol. The minimum atomic E-state index is 0.0641. The maximum Gasteiger partial charge on any atom is 0.0689 e. The van der Waals surface area contributed by atoms with Gasteiger partial charge in [-0.3, -0.25) is 0 Å². The van der Waals surface area contributed by atoms with Crippen molar-refractivity contribution in [3.63, 3.8) is 0 Å². The van der Waals surface area contributed by atoms with E-state index in [-0.39, 0.29) is 5.41 Å². The Morgan fingerprint density at radius 1 is 1.46 bits per heavy atom. The lowest BCUT2D eigenvalue weighted by atomic mass is 9.82. The molecule has 74 valence electrons. The number of nitrogens with zero attached hydrogens (tertiary/aromatic N) is 1. The van der Waals surface area contributed by atoms with Crippen molar-refractivity contribution in [1.82, 2.24) is 0 Å². The molecule has 0 saturated heterocycles. The first-order chi connectivity index (χ1) is 6.22. The summed E-state index contributed by atoms with van der Waals surface area (Å²) in [5, 5.41) is 9.18. The van der Waals surface area contributed by atoms with Crippen molar-refractivity contribution in [2.75, 3.05) is 0 Å². The summed E-state index contributed by atoms with van der Waals surface area (Å²) in [7, 11) is 0. The van der Waals surface area contributed by atoms with Gasteiger partial charge in [0, 0.05) is 0 Å². The van der Waals surface area contributed by atoms with E-state index in [0.29, 0.717) is 0 Å². The Balaban J connectivity index is 2.38. The van der Waals surface area contributed by atoms with Gasteiger partial charge in [0.2, 0.25) is 0 Å². The molecule has 0 aromatic rings. The summed E-state index contributed by atoms with van der Waals surface area (Å²) in [6.45, 7) is 4.50. The Labute approximate surface area is 82.1 Å². The van der Waals surface area contributed by atoms with E-state index in [9.17, 15) is 5.26 Å². The van der Waals surface area contributed by atoms with Crippen LogP contribution in [-0.2, 0) is 0 Å². The first-order valence-electron chi connectivity index (χ1n) is 5.64. The molecular weight excluding hydrogens is 158 g/mol. The largest absolute Gasteiger partial charge is 0.198 e. The number of nitriles is 1. The molecule has 0 aromatic carbocycles. The van der Waals surface area contributed by atoms with Gasteiger partial charge in [-0.2, -0.15) is 5.26 Å². The first-order valence-corrected chi connectivity index (χ1v) is 5.64. The fourth-order valence-electron chi connectivity index (χ4n) is 2.49. The highest BCUT2D eigenvalue weighted by molar-refractivity contribution is 5.03.